The van der Waals surface area contributed by atoms with Crippen molar-refractivity contribution in [3.8, 4) is 6.07 Å². The summed E-state index contributed by atoms with van der Waals surface area (Å²) in [5, 5.41) is 20.0. The molecule has 2 N–H and O–H groups in total. The highest BCUT2D eigenvalue weighted by molar-refractivity contribution is 7.16. The lowest BCUT2D eigenvalue weighted by Crippen LogP contribution is -2.36. The number of alkyl halides is 3. The van der Waals surface area contributed by atoms with Crippen molar-refractivity contribution >= 4 is 28.1 Å². The molecule has 5 rings (SSSR count). The summed E-state index contributed by atoms with van der Waals surface area (Å²) in [4.78, 5) is 14.4. The predicted octanol–water partition coefficient (Wildman–Crippen LogP) is 6.47. The Morgan fingerprint density at radius 2 is 2.14 bits per heavy atom. The van der Waals surface area contributed by atoms with Gasteiger partial charge < -0.3 is 15.1 Å². The summed E-state index contributed by atoms with van der Waals surface area (Å²) in [6, 6.07) is 2.73. The first-order valence-electron chi connectivity index (χ1n) is 11.8. The summed E-state index contributed by atoms with van der Waals surface area (Å²) in [5.74, 6) is 0.153. The van der Waals surface area contributed by atoms with Gasteiger partial charge in [0.15, 0.2) is 6.04 Å². The van der Waals surface area contributed by atoms with E-state index in [9.17, 15) is 23.2 Å². The van der Waals surface area contributed by atoms with Crippen molar-refractivity contribution in [3.05, 3.63) is 51.9 Å². The second kappa shape index (κ2) is 8.69. The van der Waals surface area contributed by atoms with Crippen LogP contribution in [-0.2, 0) is 12.8 Å². The zero-order chi connectivity index (χ0) is 25.8. The van der Waals surface area contributed by atoms with Gasteiger partial charge >= 0.3 is 6.18 Å². The minimum atomic E-state index is -4.56. The molecule has 36 heavy (non-hydrogen) atoms. The summed E-state index contributed by atoms with van der Waals surface area (Å²) < 4.78 is 47.8. The van der Waals surface area contributed by atoms with Crippen LogP contribution in [0.1, 0.15) is 77.8 Å². The molecule has 0 unspecified atom stereocenters. The normalized spacial score (nSPS) is 21.8. The van der Waals surface area contributed by atoms with E-state index in [4.69, 9.17) is 4.42 Å². The van der Waals surface area contributed by atoms with E-state index in [1.54, 1.807) is 12.1 Å². The minimum absolute atomic E-state index is 0.0247. The van der Waals surface area contributed by atoms with Crippen molar-refractivity contribution in [2.24, 2.45) is 11.3 Å². The van der Waals surface area contributed by atoms with Gasteiger partial charge in [0, 0.05) is 11.3 Å². The second-order valence-corrected chi connectivity index (χ2v) is 11.5. The Morgan fingerprint density at radius 1 is 1.36 bits per heavy atom. The van der Waals surface area contributed by atoms with E-state index >= 15 is 0 Å². The van der Waals surface area contributed by atoms with Gasteiger partial charge in [0.2, 0.25) is 0 Å². The highest BCUT2D eigenvalue weighted by Crippen LogP contribution is 2.46. The molecule has 1 aliphatic carbocycles. The highest BCUT2D eigenvalue weighted by Gasteiger charge is 2.48. The number of nitrogens with zero attached hydrogens (tertiary/aromatic N) is 3. The van der Waals surface area contributed by atoms with Crippen molar-refractivity contribution in [2.45, 2.75) is 64.7 Å². The first-order valence-corrected chi connectivity index (χ1v) is 12.6. The van der Waals surface area contributed by atoms with Crippen molar-refractivity contribution < 1.29 is 22.4 Å². The van der Waals surface area contributed by atoms with Gasteiger partial charge in [0.1, 0.15) is 28.2 Å². The third-order valence-corrected chi connectivity index (χ3v) is 8.37. The predicted molar refractivity (Wildman–Crippen MR) is 129 cm³/mol. The molecule has 0 bridgehead atoms. The van der Waals surface area contributed by atoms with Crippen LogP contribution in [0.3, 0.4) is 0 Å². The molecule has 0 spiro atoms. The van der Waals surface area contributed by atoms with Gasteiger partial charge in [0.25, 0.3) is 5.91 Å². The van der Waals surface area contributed by atoms with Gasteiger partial charge in [0.05, 0.1) is 24.1 Å². The summed E-state index contributed by atoms with van der Waals surface area (Å²) in [6.45, 7) is 6.60. The molecular formula is C25H26F3N5O2S. The van der Waals surface area contributed by atoms with Crippen molar-refractivity contribution in [3.63, 3.8) is 0 Å². The highest BCUT2D eigenvalue weighted by atomic mass is 32.1. The van der Waals surface area contributed by atoms with Gasteiger partial charge in [-0.05, 0) is 48.3 Å². The van der Waals surface area contributed by atoms with Crippen LogP contribution in [-0.4, -0.2) is 21.9 Å². The number of hydrogen-bond donors (Lipinski definition) is 2. The fourth-order valence-electron chi connectivity index (χ4n) is 5.11. The van der Waals surface area contributed by atoms with Crippen molar-refractivity contribution in [1.82, 2.24) is 9.78 Å². The van der Waals surface area contributed by atoms with E-state index in [0.29, 0.717) is 22.2 Å². The number of hydrogen-bond acceptors (Lipinski definition) is 6. The van der Waals surface area contributed by atoms with Crippen LogP contribution in [0, 0.1) is 22.7 Å². The maximum absolute atomic E-state index is 13.9. The molecule has 0 saturated carbocycles. The van der Waals surface area contributed by atoms with Gasteiger partial charge in [-0.25, -0.2) is 4.68 Å². The second-order valence-electron chi connectivity index (χ2n) is 10.4. The maximum atomic E-state index is 13.9. The number of anilines is 2. The zero-order valence-electron chi connectivity index (χ0n) is 20.1. The number of rotatable bonds is 3. The number of carbonyl (C=O) groups excluding carboxylic acids is 1. The standard InChI is InChI=1S/C25H26F3N5O2S/c1-24(2,3)13-6-7-14-15(11-29)23(36-19(14)9-13)32-22(34)16-12-30-33-20(25(26,27)28)10-17(31-21(16)33)18-5-4-8-35-18/h4-5,8,12-13,17,20,31H,6-7,9-10H2,1-3H3,(H,32,34)/t13-,17-,20+/m0/s1. The fraction of sp³-hybridized carbons (Fsp3) is 0.480. The number of furan rings is 1. The molecule has 2 aliphatic rings. The summed E-state index contributed by atoms with van der Waals surface area (Å²) >= 11 is 1.38. The SMILES string of the molecule is CC(C)(C)[C@H]1CCc2c(sc(NC(=O)c3cnn4c3N[C@H](c3ccco3)C[C@@H]4C(F)(F)F)c2C#N)C1. The Morgan fingerprint density at radius 3 is 2.78 bits per heavy atom. The fourth-order valence-corrected chi connectivity index (χ4v) is 6.38. The first kappa shape index (κ1) is 24.4. The lowest BCUT2D eigenvalue weighted by molar-refractivity contribution is -0.174. The Labute approximate surface area is 210 Å². The molecule has 1 amide bonds. The molecular weight excluding hydrogens is 491 g/mol. The third kappa shape index (κ3) is 4.28. The Hall–Kier alpha value is -3.26. The van der Waals surface area contributed by atoms with Crippen LogP contribution < -0.4 is 10.6 Å². The van der Waals surface area contributed by atoms with E-state index in [0.717, 1.165) is 40.6 Å². The molecule has 0 aromatic carbocycles. The molecule has 3 aromatic heterocycles. The van der Waals surface area contributed by atoms with Gasteiger partial charge in [-0.2, -0.15) is 23.5 Å². The van der Waals surface area contributed by atoms with Crippen LogP contribution in [0.15, 0.2) is 29.0 Å². The zero-order valence-corrected chi connectivity index (χ0v) is 20.9. The smallest absolute Gasteiger partial charge is 0.410 e. The largest absolute Gasteiger partial charge is 0.467 e. The lowest BCUT2D eigenvalue weighted by atomic mass is 9.72. The van der Waals surface area contributed by atoms with Crippen molar-refractivity contribution in [1.29, 1.82) is 5.26 Å². The quantitative estimate of drug-likeness (QED) is 0.415. The van der Waals surface area contributed by atoms with Gasteiger partial charge in [-0.3, -0.25) is 4.79 Å². The Kier molecular flexibility index (Phi) is 5.90. The first-order chi connectivity index (χ1) is 17.0. The van der Waals surface area contributed by atoms with Crippen LogP contribution in [0.2, 0.25) is 0 Å². The Bertz CT molecular complexity index is 1330. The lowest BCUT2D eigenvalue weighted by Gasteiger charge is -2.33. The van der Waals surface area contributed by atoms with E-state index in [1.807, 2.05) is 0 Å². The molecule has 3 atom stereocenters. The van der Waals surface area contributed by atoms with Crippen LogP contribution in [0.25, 0.3) is 0 Å². The van der Waals surface area contributed by atoms with Crippen LogP contribution in [0.5, 0.6) is 0 Å². The number of nitrogens with one attached hydrogen (secondary N) is 2. The molecule has 0 radical (unpaired) electrons. The number of nitriles is 1. The number of amides is 1. The number of fused-ring (bicyclic) bond motifs is 2. The Balaban J connectivity index is 1.45. The summed E-state index contributed by atoms with van der Waals surface area (Å²) in [5.41, 5.74) is 1.50. The molecule has 4 heterocycles. The molecule has 11 heteroatoms. The average Bonchev–Trinajstić information content (AvgIpc) is 3.54. The van der Waals surface area contributed by atoms with E-state index in [1.165, 1.54) is 17.6 Å². The molecule has 7 nitrogen and oxygen atoms in total. The summed E-state index contributed by atoms with van der Waals surface area (Å²) in [6.07, 6.45) is 0.195. The molecule has 1 aliphatic heterocycles. The number of carbonyl (C=O) groups is 1. The van der Waals surface area contributed by atoms with E-state index in [2.05, 4.69) is 42.6 Å². The monoisotopic (exact) mass is 517 g/mol. The molecule has 0 saturated heterocycles. The van der Waals surface area contributed by atoms with E-state index in [-0.39, 0.29) is 23.2 Å². The number of aromatic nitrogens is 2. The van der Waals surface area contributed by atoms with Crippen LogP contribution >= 0.6 is 11.3 Å². The summed E-state index contributed by atoms with van der Waals surface area (Å²) in [7, 11) is 0. The molecule has 190 valence electrons. The topological polar surface area (TPSA) is 95.9 Å². The van der Waals surface area contributed by atoms with Gasteiger partial charge in [-0.15, -0.1) is 11.3 Å². The number of halogens is 3. The average molecular weight is 518 g/mol. The van der Waals surface area contributed by atoms with Crippen molar-refractivity contribution in [2.75, 3.05) is 10.6 Å². The minimum Gasteiger partial charge on any atom is -0.467 e. The number of thiophene rings is 1. The molecule has 0 fully saturated rings. The molecule has 3 aromatic rings. The maximum Gasteiger partial charge on any atom is 0.410 e. The third-order valence-electron chi connectivity index (χ3n) is 7.20. The van der Waals surface area contributed by atoms with Gasteiger partial charge in [-0.1, -0.05) is 20.8 Å². The van der Waals surface area contributed by atoms with E-state index < -0.39 is 24.2 Å². The van der Waals surface area contributed by atoms with Crippen LogP contribution in [0.4, 0.5) is 24.0 Å².